The van der Waals surface area contributed by atoms with Crippen LogP contribution in [0.15, 0.2) is 0 Å². The molecule has 0 spiro atoms. The summed E-state index contributed by atoms with van der Waals surface area (Å²) in [4.78, 5) is 14.0. The lowest BCUT2D eigenvalue weighted by Crippen LogP contribution is -2.50. The van der Waals surface area contributed by atoms with E-state index in [1.54, 1.807) is 0 Å². The van der Waals surface area contributed by atoms with Crippen LogP contribution < -0.4 is 5.32 Å². The quantitative estimate of drug-likeness (QED) is 0.654. The van der Waals surface area contributed by atoms with E-state index < -0.39 is 15.4 Å². The number of ether oxygens (including phenoxy) is 1. The molecule has 0 bridgehead atoms. The normalized spacial score (nSPS) is 24.0. The molecule has 6 nitrogen and oxygen atoms in total. The monoisotopic (exact) mass is 320 g/mol. The van der Waals surface area contributed by atoms with Crippen molar-refractivity contribution in [1.29, 1.82) is 0 Å². The number of hydrogen-bond acceptors (Lipinski definition) is 6. The van der Waals surface area contributed by atoms with E-state index in [1.807, 2.05) is 20.9 Å². The Morgan fingerprint density at radius 1 is 1.48 bits per heavy atom. The van der Waals surface area contributed by atoms with E-state index in [4.69, 9.17) is 4.74 Å². The Morgan fingerprint density at radius 2 is 2.14 bits per heavy atom. The Labute approximate surface area is 128 Å². The van der Waals surface area contributed by atoms with Gasteiger partial charge in [0, 0.05) is 6.04 Å². The summed E-state index contributed by atoms with van der Waals surface area (Å²) in [7, 11) is 0.501. The first-order valence-corrected chi connectivity index (χ1v) is 9.30. The molecule has 7 heteroatoms. The third kappa shape index (κ3) is 5.23. The lowest BCUT2D eigenvalue weighted by Gasteiger charge is -2.29. The molecule has 1 aliphatic heterocycles. The summed E-state index contributed by atoms with van der Waals surface area (Å²) >= 11 is 0. The lowest BCUT2D eigenvalue weighted by atomic mass is 9.95. The molecule has 0 aromatic heterocycles. The van der Waals surface area contributed by atoms with Gasteiger partial charge in [-0.2, -0.15) is 0 Å². The number of carbonyl (C=O) groups excluding carboxylic acids is 1. The van der Waals surface area contributed by atoms with Gasteiger partial charge >= 0.3 is 5.97 Å². The Bertz CT molecular complexity index is 452. The van der Waals surface area contributed by atoms with Crippen LogP contribution in [0.25, 0.3) is 0 Å². The number of likely N-dealkylation sites (N-methyl/N-ethyl adjacent to an activating group) is 1. The summed E-state index contributed by atoms with van der Waals surface area (Å²) in [5, 5.41) is 3.18. The molecule has 0 radical (unpaired) electrons. The van der Waals surface area contributed by atoms with Crippen LogP contribution in [0.4, 0.5) is 0 Å². The van der Waals surface area contributed by atoms with Crippen LogP contribution in [0.2, 0.25) is 0 Å². The topological polar surface area (TPSA) is 75.7 Å². The molecule has 0 aliphatic carbocycles. The van der Waals surface area contributed by atoms with Crippen molar-refractivity contribution in [3.8, 4) is 0 Å². The highest BCUT2D eigenvalue weighted by molar-refractivity contribution is 7.91. The molecular weight excluding hydrogens is 292 g/mol. The molecule has 0 saturated carbocycles. The van der Waals surface area contributed by atoms with Gasteiger partial charge in [-0.25, -0.2) is 8.42 Å². The summed E-state index contributed by atoms with van der Waals surface area (Å²) in [5.41, 5.74) is -0.675. The second-order valence-corrected chi connectivity index (χ2v) is 8.22. The molecule has 1 fully saturated rings. The van der Waals surface area contributed by atoms with Crippen LogP contribution in [0, 0.1) is 0 Å². The highest BCUT2D eigenvalue weighted by Gasteiger charge is 2.34. The van der Waals surface area contributed by atoms with E-state index in [1.165, 1.54) is 7.11 Å². The number of rotatable bonds is 8. The molecule has 1 rings (SSSR count). The summed E-state index contributed by atoms with van der Waals surface area (Å²) < 4.78 is 27.8. The molecule has 1 aliphatic rings. The number of nitrogens with zero attached hydrogens (tertiary/aromatic N) is 1. The van der Waals surface area contributed by atoms with Crippen LogP contribution in [0.5, 0.6) is 0 Å². The summed E-state index contributed by atoms with van der Waals surface area (Å²) in [6.45, 7) is 5.28. The van der Waals surface area contributed by atoms with Crippen molar-refractivity contribution >= 4 is 15.8 Å². The minimum absolute atomic E-state index is 0.110. The molecule has 0 aromatic rings. The second kappa shape index (κ2) is 7.56. The highest BCUT2D eigenvalue weighted by atomic mass is 32.2. The first-order valence-electron chi connectivity index (χ1n) is 7.48. The molecule has 124 valence electrons. The Morgan fingerprint density at radius 3 is 2.62 bits per heavy atom. The number of hydrogen-bond donors (Lipinski definition) is 1. The fourth-order valence-corrected chi connectivity index (χ4v) is 4.67. The average Bonchev–Trinajstić information content (AvgIpc) is 2.78. The molecule has 1 N–H and O–H groups in total. The van der Waals surface area contributed by atoms with Gasteiger partial charge in [-0.1, -0.05) is 6.92 Å². The molecule has 1 saturated heterocycles. The molecule has 2 atom stereocenters. The van der Waals surface area contributed by atoms with E-state index in [-0.39, 0.29) is 17.8 Å². The van der Waals surface area contributed by atoms with Crippen molar-refractivity contribution in [2.24, 2.45) is 0 Å². The standard InChI is InChI=1S/C14H28N2O4S/c1-5-15-14(2,13(17)20-4)8-6-9-16(3)12-7-10-21(18,19)11-12/h12,15H,5-11H2,1-4H3. The van der Waals surface area contributed by atoms with Gasteiger partial charge in [-0.15, -0.1) is 0 Å². The summed E-state index contributed by atoms with van der Waals surface area (Å²) in [6.07, 6.45) is 2.18. The smallest absolute Gasteiger partial charge is 0.325 e. The SMILES string of the molecule is CCNC(C)(CCCN(C)C1CCS(=O)(=O)C1)C(=O)OC. The molecule has 1 heterocycles. The van der Waals surface area contributed by atoms with Crippen LogP contribution in [-0.4, -0.2) is 69.6 Å². The van der Waals surface area contributed by atoms with E-state index in [0.717, 1.165) is 13.0 Å². The minimum Gasteiger partial charge on any atom is -0.468 e. The maximum absolute atomic E-state index is 11.9. The minimum atomic E-state index is -2.85. The van der Waals surface area contributed by atoms with E-state index in [2.05, 4.69) is 10.2 Å². The van der Waals surface area contributed by atoms with Gasteiger partial charge in [-0.3, -0.25) is 4.79 Å². The third-order valence-corrected chi connectivity index (χ3v) is 5.97. The van der Waals surface area contributed by atoms with Gasteiger partial charge in [0.15, 0.2) is 9.84 Å². The zero-order valence-corrected chi connectivity index (χ0v) is 14.3. The number of esters is 1. The molecular formula is C14H28N2O4S. The van der Waals surface area contributed by atoms with Crippen molar-refractivity contribution in [3.63, 3.8) is 0 Å². The summed E-state index contributed by atoms with van der Waals surface area (Å²) in [6, 6.07) is 0.110. The average molecular weight is 320 g/mol. The van der Waals surface area contributed by atoms with Crippen molar-refractivity contribution in [2.45, 2.75) is 44.7 Å². The van der Waals surface area contributed by atoms with Gasteiger partial charge < -0.3 is 15.0 Å². The van der Waals surface area contributed by atoms with Crippen LogP contribution >= 0.6 is 0 Å². The van der Waals surface area contributed by atoms with Crippen LogP contribution in [0.1, 0.15) is 33.1 Å². The first kappa shape index (κ1) is 18.4. The van der Waals surface area contributed by atoms with Crippen molar-refractivity contribution in [1.82, 2.24) is 10.2 Å². The Balaban J connectivity index is 2.45. The lowest BCUT2D eigenvalue weighted by molar-refractivity contribution is -0.148. The van der Waals surface area contributed by atoms with Gasteiger partial charge in [0.1, 0.15) is 5.54 Å². The molecule has 21 heavy (non-hydrogen) atoms. The van der Waals surface area contributed by atoms with Gasteiger partial charge in [0.05, 0.1) is 18.6 Å². The van der Waals surface area contributed by atoms with E-state index in [9.17, 15) is 13.2 Å². The predicted molar refractivity (Wildman–Crippen MR) is 83.0 cm³/mol. The molecule has 0 aromatic carbocycles. The molecule has 2 unspecified atom stereocenters. The maximum atomic E-state index is 11.9. The van der Waals surface area contributed by atoms with Gasteiger partial charge in [-0.05, 0) is 46.3 Å². The first-order chi connectivity index (χ1) is 9.74. The predicted octanol–water partition coefficient (Wildman–Crippen LogP) is 0.427. The van der Waals surface area contributed by atoms with Crippen LogP contribution in [0.3, 0.4) is 0 Å². The summed E-state index contributed by atoms with van der Waals surface area (Å²) in [5.74, 6) is 0.292. The maximum Gasteiger partial charge on any atom is 0.325 e. The van der Waals surface area contributed by atoms with Crippen molar-refractivity contribution in [3.05, 3.63) is 0 Å². The second-order valence-electron chi connectivity index (χ2n) is 6.00. The number of sulfone groups is 1. The largest absolute Gasteiger partial charge is 0.468 e. The Hall–Kier alpha value is -0.660. The van der Waals surface area contributed by atoms with Crippen molar-refractivity contribution in [2.75, 3.05) is 38.8 Å². The van der Waals surface area contributed by atoms with Crippen LogP contribution in [-0.2, 0) is 19.4 Å². The highest BCUT2D eigenvalue weighted by Crippen LogP contribution is 2.19. The third-order valence-electron chi connectivity index (χ3n) is 4.22. The number of carbonyl (C=O) groups is 1. The van der Waals surface area contributed by atoms with Gasteiger partial charge in [0.25, 0.3) is 0 Å². The fraction of sp³-hybridized carbons (Fsp3) is 0.929. The zero-order chi connectivity index (χ0) is 16.1. The van der Waals surface area contributed by atoms with Gasteiger partial charge in [0.2, 0.25) is 0 Å². The number of nitrogens with one attached hydrogen (secondary N) is 1. The van der Waals surface area contributed by atoms with E-state index >= 15 is 0 Å². The fourth-order valence-electron chi connectivity index (χ4n) is 2.87. The van der Waals surface area contributed by atoms with Crippen molar-refractivity contribution < 1.29 is 17.9 Å². The van der Waals surface area contributed by atoms with E-state index in [0.29, 0.717) is 25.1 Å². The zero-order valence-electron chi connectivity index (χ0n) is 13.5. The Kier molecular flexibility index (Phi) is 6.62. The molecule has 0 amide bonds. The number of methoxy groups -OCH3 is 1.